The molecule has 1 amide bonds. The monoisotopic (exact) mass is 353 g/mol. The second-order valence-electron chi connectivity index (χ2n) is 6.70. The highest BCUT2D eigenvalue weighted by Gasteiger charge is 2.41. The quantitative estimate of drug-likeness (QED) is 0.871. The predicted molar refractivity (Wildman–Crippen MR) is 91.5 cm³/mol. The fourth-order valence-electron chi connectivity index (χ4n) is 4.02. The van der Waals surface area contributed by atoms with Crippen molar-refractivity contribution < 1.29 is 19.4 Å². The highest BCUT2D eigenvalue weighted by atomic mass is 35.5. The number of benzene rings is 1. The molecule has 0 aromatic heterocycles. The third kappa shape index (κ3) is 3.47. The van der Waals surface area contributed by atoms with Gasteiger partial charge in [0.05, 0.1) is 24.3 Å². The number of phenolic OH excluding ortho intramolecular Hbond substituents is 1. The van der Waals surface area contributed by atoms with Crippen LogP contribution in [0.25, 0.3) is 0 Å². The Morgan fingerprint density at radius 2 is 2.12 bits per heavy atom. The van der Waals surface area contributed by atoms with Crippen LogP contribution < -0.4 is 10.1 Å². The molecule has 2 N–H and O–H groups in total. The molecule has 1 saturated carbocycles. The first-order valence-electron chi connectivity index (χ1n) is 8.48. The molecule has 5 nitrogen and oxygen atoms in total. The second kappa shape index (κ2) is 7.19. The van der Waals surface area contributed by atoms with Crippen molar-refractivity contribution in [1.29, 1.82) is 0 Å². The fourth-order valence-corrected chi connectivity index (χ4v) is 4.30. The number of hydrogen-bond acceptors (Lipinski definition) is 4. The molecule has 6 heteroatoms. The average molecular weight is 354 g/mol. The largest absolute Gasteiger partial charge is 0.504 e. The summed E-state index contributed by atoms with van der Waals surface area (Å²) in [6.45, 7) is 1.55. The van der Waals surface area contributed by atoms with Crippen LogP contribution >= 0.6 is 11.6 Å². The van der Waals surface area contributed by atoms with Crippen LogP contribution in [0.5, 0.6) is 11.5 Å². The zero-order valence-corrected chi connectivity index (χ0v) is 14.8. The van der Waals surface area contributed by atoms with Crippen LogP contribution in [0.3, 0.4) is 0 Å². The normalized spacial score (nSPS) is 29.6. The van der Waals surface area contributed by atoms with E-state index in [1.807, 2.05) is 0 Å². The van der Waals surface area contributed by atoms with Crippen LogP contribution in [0.15, 0.2) is 12.1 Å². The Morgan fingerprint density at radius 1 is 1.38 bits per heavy atom. The lowest BCUT2D eigenvalue weighted by molar-refractivity contribution is -0.131. The molecule has 3 rings (SSSR count). The molecule has 1 aliphatic carbocycles. The number of hydrogen-bond donors (Lipinski definition) is 2. The van der Waals surface area contributed by atoms with Gasteiger partial charge in [-0.25, -0.2) is 0 Å². The summed E-state index contributed by atoms with van der Waals surface area (Å²) >= 11 is 6.34. The van der Waals surface area contributed by atoms with Crippen LogP contribution in [0.2, 0.25) is 5.02 Å². The minimum absolute atomic E-state index is 0.0102. The molecule has 132 valence electrons. The van der Waals surface area contributed by atoms with E-state index < -0.39 is 0 Å². The molecule has 1 saturated heterocycles. The Bertz CT molecular complexity index is 621. The van der Waals surface area contributed by atoms with Gasteiger partial charge in [-0.2, -0.15) is 0 Å². The number of nitrogens with one attached hydrogen (secondary N) is 1. The summed E-state index contributed by atoms with van der Waals surface area (Å²) in [7, 11) is 1.51. The van der Waals surface area contributed by atoms with Gasteiger partial charge in [-0.3, -0.25) is 4.79 Å². The molecular formula is C18H24ClNO4. The van der Waals surface area contributed by atoms with Crippen molar-refractivity contribution in [2.24, 2.45) is 5.92 Å². The van der Waals surface area contributed by atoms with E-state index >= 15 is 0 Å². The summed E-state index contributed by atoms with van der Waals surface area (Å²) in [6.07, 6.45) is 4.99. The van der Waals surface area contributed by atoms with Crippen molar-refractivity contribution in [3.63, 3.8) is 0 Å². The van der Waals surface area contributed by atoms with Gasteiger partial charge < -0.3 is 19.9 Å². The molecule has 1 aromatic rings. The molecule has 24 heavy (non-hydrogen) atoms. The Morgan fingerprint density at radius 3 is 2.83 bits per heavy atom. The molecule has 1 heterocycles. The standard InChI is InChI=1S/C18H24ClNO4/c1-10(21)20-14-9-17(24-16-6-4-3-5-11(14)16)12-7-18(23-2)15(22)8-13(12)19/h7-8,11,14,16-17,22H,3-6,9H2,1-2H3,(H,20,21)/t11-,14+,16+,17+/m0/s1. The van der Waals surface area contributed by atoms with Gasteiger partial charge in [0.1, 0.15) is 0 Å². The molecular weight excluding hydrogens is 330 g/mol. The third-order valence-corrected chi connectivity index (χ3v) is 5.44. The van der Waals surface area contributed by atoms with Crippen LogP contribution in [-0.4, -0.2) is 30.3 Å². The van der Waals surface area contributed by atoms with Gasteiger partial charge in [0.15, 0.2) is 11.5 Å². The molecule has 0 radical (unpaired) electrons. The summed E-state index contributed by atoms with van der Waals surface area (Å²) in [4.78, 5) is 11.6. The van der Waals surface area contributed by atoms with Crippen molar-refractivity contribution in [1.82, 2.24) is 5.32 Å². The second-order valence-corrected chi connectivity index (χ2v) is 7.11. The smallest absolute Gasteiger partial charge is 0.217 e. The van der Waals surface area contributed by atoms with E-state index in [1.54, 1.807) is 13.0 Å². The topological polar surface area (TPSA) is 67.8 Å². The van der Waals surface area contributed by atoms with E-state index in [1.165, 1.54) is 19.6 Å². The number of phenols is 1. The maximum absolute atomic E-state index is 11.6. The fraction of sp³-hybridized carbons (Fsp3) is 0.611. The lowest BCUT2D eigenvalue weighted by atomic mass is 9.76. The van der Waals surface area contributed by atoms with E-state index in [9.17, 15) is 9.90 Å². The molecule has 1 aliphatic heterocycles. The van der Waals surface area contributed by atoms with Crippen molar-refractivity contribution in [2.75, 3.05) is 7.11 Å². The van der Waals surface area contributed by atoms with Gasteiger partial charge in [0.25, 0.3) is 0 Å². The lowest BCUT2D eigenvalue weighted by Crippen LogP contribution is -2.50. The highest BCUT2D eigenvalue weighted by Crippen LogP contribution is 2.45. The maximum atomic E-state index is 11.6. The number of carbonyl (C=O) groups is 1. The molecule has 0 spiro atoms. The zero-order chi connectivity index (χ0) is 17.3. The van der Waals surface area contributed by atoms with Gasteiger partial charge in [-0.15, -0.1) is 0 Å². The van der Waals surface area contributed by atoms with E-state index in [0.29, 0.717) is 23.1 Å². The lowest BCUT2D eigenvalue weighted by Gasteiger charge is -2.45. The summed E-state index contributed by atoms with van der Waals surface area (Å²) in [5.74, 6) is 0.729. The summed E-state index contributed by atoms with van der Waals surface area (Å²) in [5.41, 5.74) is 0.797. The first-order chi connectivity index (χ1) is 11.5. The number of rotatable bonds is 3. The number of aromatic hydroxyl groups is 1. The third-order valence-electron chi connectivity index (χ3n) is 5.11. The number of carbonyl (C=O) groups excluding carboxylic acids is 1. The van der Waals surface area contributed by atoms with E-state index in [0.717, 1.165) is 24.8 Å². The maximum Gasteiger partial charge on any atom is 0.217 e. The molecule has 0 bridgehead atoms. The Labute approximate surface area is 147 Å². The van der Waals surface area contributed by atoms with Crippen molar-refractivity contribution in [2.45, 2.75) is 57.3 Å². The van der Waals surface area contributed by atoms with Gasteiger partial charge >= 0.3 is 0 Å². The number of amides is 1. The number of ether oxygens (including phenoxy) is 2. The van der Waals surface area contributed by atoms with Crippen LogP contribution in [0.4, 0.5) is 0 Å². The number of fused-ring (bicyclic) bond motifs is 1. The average Bonchev–Trinajstić information content (AvgIpc) is 2.54. The van der Waals surface area contributed by atoms with Crippen LogP contribution in [0, 0.1) is 5.92 Å². The molecule has 2 aliphatic rings. The minimum Gasteiger partial charge on any atom is -0.504 e. The first-order valence-corrected chi connectivity index (χ1v) is 8.86. The molecule has 0 unspecified atom stereocenters. The Balaban J connectivity index is 1.89. The van der Waals surface area contributed by atoms with Gasteiger partial charge in [-0.05, 0) is 25.3 Å². The Hall–Kier alpha value is -1.46. The Kier molecular flexibility index (Phi) is 5.21. The van der Waals surface area contributed by atoms with Gasteiger partial charge in [0, 0.05) is 30.5 Å². The SMILES string of the molecule is COc1cc([C@H]2C[C@@H](NC(C)=O)[C@@H]3CCCC[C@H]3O2)c(Cl)cc1O. The van der Waals surface area contributed by atoms with E-state index in [2.05, 4.69) is 5.32 Å². The molecule has 1 aromatic carbocycles. The zero-order valence-electron chi connectivity index (χ0n) is 14.0. The summed E-state index contributed by atoms with van der Waals surface area (Å²) in [5, 5.41) is 13.4. The van der Waals surface area contributed by atoms with Gasteiger partial charge in [-0.1, -0.05) is 24.4 Å². The predicted octanol–water partition coefficient (Wildman–Crippen LogP) is 3.58. The first kappa shape index (κ1) is 17.4. The van der Waals surface area contributed by atoms with E-state index in [4.69, 9.17) is 21.1 Å². The van der Waals surface area contributed by atoms with Crippen LogP contribution in [-0.2, 0) is 9.53 Å². The summed E-state index contributed by atoms with van der Waals surface area (Å²) in [6, 6.07) is 3.30. The number of halogens is 1. The van der Waals surface area contributed by atoms with Gasteiger partial charge in [0.2, 0.25) is 5.91 Å². The minimum atomic E-state index is -0.219. The van der Waals surface area contributed by atoms with Crippen molar-refractivity contribution in [3.8, 4) is 11.5 Å². The molecule has 4 atom stereocenters. The summed E-state index contributed by atoms with van der Waals surface area (Å²) < 4.78 is 11.5. The number of methoxy groups -OCH3 is 1. The highest BCUT2D eigenvalue weighted by molar-refractivity contribution is 6.31. The van der Waals surface area contributed by atoms with E-state index in [-0.39, 0.29) is 29.9 Å². The van der Waals surface area contributed by atoms with Crippen molar-refractivity contribution in [3.05, 3.63) is 22.7 Å². The molecule has 2 fully saturated rings. The van der Waals surface area contributed by atoms with Crippen LogP contribution in [0.1, 0.15) is 50.7 Å². The van der Waals surface area contributed by atoms with Crippen molar-refractivity contribution >= 4 is 17.5 Å².